The highest BCUT2D eigenvalue weighted by Gasteiger charge is 2.25. The molecule has 0 unspecified atom stereocenters. The molecule has 106 valence electrons. The molecule has 0 saturated carbocycles. The first kappa shape index (κ1) is 13.2. The van der Waals surface area contributed by atoms with Crippen molar-refractivity contribution in [2.24, 2.45) is 0 Å². The van der Waals surface area contributed by atoms with Crippen LogP contribution in [0.25, 0.3) is 16.7 Å². The smallest absolute Gasteiger partial charge is 0.288 e. The van der Waals surface area contributed by atoms with Crippen molar-refractivity contribution in [3.8, 4) is 5.69 Å². The van der Waals surface area contributed by atoms with Gasteiger partial charge in [0.25, 0.3) is 5.69 Å². The van der Waals surface area contributed by atoms with E-state index in [0.717, 1.165) is 12.1 Å². The Kier molecular flexibility index (Phi) is 2.90. The van der Waals surface area contributed by atoms with Gasteiger partial charge in [0, 0.05) is 6.07 Å². The van der Waals surface area contributed by atoms with Gasteiger partial charge in [0.05, 0.1) is 16.0 Å². The molecule has 3 rings (SSSR count). The van der Waals surface area contributed by atoms with Gasteiger partial charge in [-0.15, -0.1) is 0 Å². The van der Waals surface area contributed by atoms with Crippen molar-refractivity contribution >= 4 is 16.7 Å². The van der Waals surface area contributed by atoms with Crippen molar-refractivity contribution < 1.29 is 13.7 Å². The molecule has 7 heteroatoms. The molecule has 21 heavy (non-hydrogen) atoms. The van der Waals surface area contributed by atoms with Gasteiger partial charge in [-0.05, 0) is 25.1 Å². The number of aromatic nitrogens is 2. The third-order valence-corrected chi connectivity index (χ3v) is 3.20. The third-order valence-electron chi connectivity index (χ3n) is 3.20. The van der Waals surface area contributed by atoms with E-state index in [4.69, 9.17) is 0 Å². The van der Waals surface area contributed by atoms with Crippen LogP contribution in [0.4, 0.5) is 14.5 Å². The molecule has 0 aliphatic heterocycles. The molecule has 0 saturated heterocycles. The van der Waals surface area contributed by atoms with Crippen molar-refractivity contribution in [1.29, 1.82) is 0 Å². The van der Waals surface area contributed by atoms with Crippen LogP contribution in [-0.2, 0) is 0 Å². The Bertz CT molecular complexity index is 874. The maximum Gasteiger partial charge on any atom is 0.296 e. The van der Waals surface area contributed by atoms with E-state index >= 15 is 0 Å². The molecule has 0 radical (unpaired) electrons. The van der Waals surface area contributed by atoms with Crippen LogP contribution < -0.4 is 0 Å². The van der Waals surface area contributed by atoms with Crippen LogP contribution >= 0.6 is 0 Å². The zero-order chi connectivity index (χ0) is 15.1. The molecule has 0 spiro atoms. The molecule has 0 aliphatic rings. The van der Waals surface area contributed by atoms with E-state index in [9.17, 15) is 18.9 Å². The highest BCUT2D eigenvalue weighted by atomic mass is 19.2. The number of nitro benzene ring substituents is 1. The first-order chi connectivity index (χ1) is 10.0. The van der Waals surface area contributed by atoms with Crippen molar-refractivity contribution in [2.45, 2.75) is 6.92 Å². The average Bonchev–Trinajstić information content (AvgIpc) is 2.77. The second-order valence-electron chi connectivity index (χ2n) is 4.47. The molecule has 0 bridgehead atoms. The summed E-state index contributed by atoms with van der Waals surface area (Å²) in [5.74, 6) is -2.08. The standard InChI is InChI=1S/C14H9F2N3O2/c1-8-17-10-4-2-3-5-11(10)18(8)14-12(19(20)21)7-6-9(15)13(14)16/h2-7H,1H3. The molecule has 0 amide bonds. The lowest BCUT2D eigenvalue weighted by Crippen LogP contribution is -2.06. The molecule has 0 aliphatic carbocycles. The molecule has 2 aromatic carbocycles. The lowest BCUT2D eigenvalue weighted by atomic mass is 10.2. The van der Waals surface area contributed by atoms with E-state index in [0.29, 0.717) is 16.9 Å². The number of rotatable bonds is 2. The predicted octanol–water partition coefficient (Wildman–Crippen LogP) is 3.52. The van der Waals surface area contributed by atoms with E-state index in [1.54, 1.807) is 31.2 Å². The van der Waals surface area contributed by atoms with Crippen LogP contribution in [0, 0.1) is 28.7 Å². The molecule has 1 heterocycles. The van der Waals surface area contributed by atoms with Gasteiger partial charge in [0.2, 0.25) is 0 Å². The quantitative estimate of drug-likeness (QED) is 0.535. The number of nitrogens with zero attached hydrogens (tertiary/aromatic N) is 3. The highest BCUT2D eigenvalue weighted by molar-refractivity contribution is 5.79. The van der Waals surface area contributed by atoms with Crippen LogP contribution in [0.2, 0.25) is 0 Å². The van der Waals surface area contributed by atoms with Crippen molar-refractivity contribution in [3.63, 3.8) is 0 Å². The SMILES string of the molecule is Cc1nc2ccccc2n1-c1c([N+](=O)[O-])ccc(F)c1F. The van der Waals surface area contributed by atoms with Gasteiger partial charge in [0.15, 0.2) is 17.3 Å². The van der Waals surface area contributed by atoms with Gasteiger partial charge in [-0.1, -0.05) is 12.1 Å². The van der Waals surface area contributed by atoms with Crippen LogP contribution in [0.5, 0.6) is 0 Å². The largest absolute Gasteiger partial charge is 0.296 e. The summed E-state index contributed by atoms with van der Waals surface area (Å²) in [7, 11) is 0. The number of hydrogen-bond acceptors (Lipinski definition) is 3. The van der Waals surface area contributed by atoms with Gasteiger partial charge < -0.3 is 0 Å². The number of para-hydroxylation sites is 2. The van der Waals surface area contributed by atoms with E-state index in [-0.39, 0.29) is 0 Å². The van der Waals surface area contributed by atoms with E-state index in [1.807, 2.05) is 0 Å². The number of imidazole rings is 1. The predicted molar refractivity (Wildman–Crippen MR) is 72.4 cm³/mol. The molecular formula is C14H9F2N3O2. The summed E-state index contributed by atoms with van der Waals surface area (Å²) in [5.41, 5.74) is 0.0712. The molecule has 1 aromatic heterocycles. The van der Waals surface area contributed by atoms with Gasteiger partial charge in [-0.25, -0.2) is 13.8 Å². The number of fused-ring (bicyclic) bond motifs is 1. The minimum atomic E-state index is -1.27. The second kappa shape index (κ2) is 4.62. The lowest BCUT2D eigenvalue weighted by Gasteiger charge is -2.09. The maximum atomic E-state index is 14.2. The Morgan fingerprint density at radius 1 is 1.19 bits per heavy atom. The fraction of sp³-hybridized carbons (Fsp3) is 0.0714. The first-order valence-electron chi connectivity index (χ1n) is 6.07. The second-order valence-corrected chi connectivity index (χ2v) is 4.47. The van der Waals surface area contributed by atoms with E-state index in [1.165, 1.54) is 4.57 Å². The summed E-state index contributed by atoms with van der Waals surface area (Å²) < 4.78 is 28.9. The van der Waals surface area contributed by atoms with Crippen LogP contribution in [0.15, 0.2) is 36.4 Å². The number of nitro groups is 1. The summed E-state index contributed by atoms with van der Waals surface area (Å²) in [6.45, 7) is 1.58. The van der Waals surface area contributed by atoms with Crippen molar-refractivity contribution in [3.05, 3.63) is 64.0 Å². The Labute approximate surface area is 117 Å². The molecule has 0 fully saturated rings. The van der Waals surface area contributed by atoms with Crippen molar-refractivity contribution in [2.75, 3.05) is 0 Å². The maximum absolute atomic E-state index is 14.2. The van der Waals surface area contributed by atoms with Gasteiger partial charge in [0.1, 0.15) is 5.82 Å². The molecule has 0 N–H and O–H groups in total. The monoisotopic (exact) mass is 289 g/mol. The van der Waals surface area contributed by atoms with Gasteiger partial charge in [-0.2, -0.15) is 0 Å². The normalized spacial score (nSPS) is 11.0. The van der Waals surface area contributed by atoms with Crippen LogP contribution in [-0.4, -0.2) is 14.5 Å². The average molecular weight is 289 g/mol. The topological polar surface area (TPSA) is 61.0 Å². The summed E-state index contributed by atoms with van der Waals surface area (Å²) in [6, 6.07) is 8.47. The number of hydrogen-bond donors (Lipinski definition) is 0. The van der Waals surface area contributed by atoms with Crippen molar-refractivity contribution in [1.82, 2.24) is 9.55 Å². The number of benzene rings is 2. The highest BCUT2D eigenvalue weighted by Crippen LogP contribution is 2.31. The summed E-state index contributed by atoms with van der Waals surface area (Å²) in [5, 5.41) is 11.1. The third kappa shape index (κ3) is 1.94. The zero-order valence-corrected chi connectivity index (χ0v) is 10.9. The Morgan fingerprint density at radius 2 is 1.90 bits per heavy atom. The Balaban J connectivity index is 2.45. The van der Waals surface area contributed by atoms with Crippen LogP contribution in [0.3, 0.4) is 0 Å². The summed E-state index contributed by atoms with van der Waals surface area (Å²) in [4.78, 5) is 14.6. The molecule has 0 atom stereocenters. The van der Waals surface area contributed by atoms with E-state index in [2.05, 4.69) is 4.98 Å². The Morgan fingerprint density at radius 3 is 2.62 bits per heavy atom. The van der Waals surface area contributed by atoms with E-state index < -0.39 is 27.9 Å². The molecule has 5 nitrogen and oxygen atoms in total. The summed E-state index contributed by atoms with van der Waals surface area (Å²) >= 11 is 0. The van der Waals surface area contributed by atoms with Gasteiger partial charge >= 0.3 is 0 Å². The van der Waals surface area contributed by atoms with Crippen LogP contribution in [0.1, 0.15) is 5.82 Å². The fourth-order valence-corrected chi connectivity index (χ4v) is 2.32. The fourth-order valence-electron chi connectivity index (χ4n) is 2.32. The number of aryl methyl sites for hydroxylation is 1. The molecule has 3 aromatic rings. The number of halogens is 2. The zero-order valence-electron chi connectivity index (χ0n) is 10.9. The minimum Gasteiger partial charge on any atom is -0.288 e. The first-order valence-corrected chi connectivity index (χ1v) is 6.07. The van der Waals surface area contributed by atoms with Gasteiger partial charge in [-0.3, -0.25) is 14.7 Å². The molecular weight excluding hydrogens is 280 g/mol. The minimum absolute atomic E-state index is 0.337. The lowest BCUT2D eigenvalue weighted by molar-refractivity contribution is -0.384. The summed E-state index contributed by atoms with van der Waals surface area (Å²) in [6.07, 6.45) is 0. The Hall–Kier alpha value is -2.83.